The van der Waals surface area contributed by atoms with Gasteiger partial charge in [-0.3, -0.25) is 4.21 Å². The van der Waals surface area contributed by atoms with Gasteiger partial charge in [0.1, 0.15) is 0 Å². The molecule has 0 bridgehead atoms. The fourth-order valence-corrected chi connectivity index (χ4v) is 2.76. The Kier molecular flexibility index (Phi) is 8.49. The van der Waals surface area contributed by atoms with Crippen LogP contribution in [0.5, 0.6) is 0 Å². The molecule has 2 atom stereocenters. The fourth-order valence-electron chi connectivity index (χ4n) is 1.18. The highest BCUT2D eigenvalue weighted by atomic mass is 32.2. The maximum Gasteiger partial charge on any atom is 0.0386 e. The van der Waals surface area contributed by atoms with Crippen molar-refractivity contribution in [1.29, 1.82) is 0 Å². The minimum absolute atomic E-state index is 0.392. The molecule has 1 N–H and O–H groups in total. The smallest absolute Gasteiger partial charge is 0.0386 e. The molecule has 0 fully saturated rings. The molecule has 0 spiro atoms. The normalized spacial score (nSPS) is 15.8. The third kappa shape index (κ3) is 8.70. The molecule has 0 aromatic heterocycles. The molecule has 0 radical (unpaired) electrons. The second-order valence-corrected chi connectivity index (χ2v) is 5.97. The van der Waals surface area contributed by atoms with Crippen LogP contribution in [0, 0.1) is 5.92 Å². The van der Waals surface area contributed by atoms with Crippen molar-refractivity contribution in [2.24, 2.45) is 5.92 Å². The van der Waals surface area contributed by atoms with E-state index < -0.39 is 10.8 Å². The van der Waals surface area contributed by atoms with Crippen LogP contribution in [0.25, 0.3) is 0 Å². The van der Waals surface area contributed by atoms with Crippen LogP contribution in [0.3, 0.4) is 0 Å². The van der Waals surface area contributed by atoms with E-state index in [0.717, 1.165) is 30.9 Å². The first kappa shape index (κ1) is 14.1. The first-order valence-electron chi connectivity index (χ1n) is 5.64. The zero-order valence-electron chi connectivity index (χ0n) is 10.0. The van der Waals surface area contributed by atoms with Gasteiger partial charge in [-0.2, -0.15) is 0 Å². The van der Waals surface area contributed by atoms with E-state index in [4.69, 9.17) is 0 Å². The summed E-state index contributed by atoms with van der Waals surface area (Å²) in [7, 11) is -0.637. The Balaban J connectivity index is 3.50. The van der Waals surface area contributed by atoms with Gasteiger partial charge in [-0.05, 0) is 32.2 Å². The van der Waals surface area contributed by atoms with Crippen molar-refractivity contribution in [3.05, 3.63) is 0 Å². The minimum Gasteiger partial charge on any atom is -0.313 e. The van der Waals surface area contributed by atoms with Crippen LogP contribution in [-0.4, -0.2) is 28.3 Å². The summed E-state index contributed by atoms with van der Waals surface area (Å²) < 4.78 is 11.6. The third-order valence-corrected chi connectivity index (χ3v) is 3.66. The highest BCUT2D eigenvalue weighted by Crippen LogP contribution is 2.01. The van der Waals surface area contributed by atoms with Gasteiger partial charge < -0.3 is 5.32 Å². The molecule has 2 nitrogen and oxygen atoms in total. The second kappa shape index (κ2) is 8.42. The Labute approximate surface area is 91.3 Å². The average Bonchev–Trinajstić information content (AvgIpc) is 2.11. The molecule has 0 aromatic rings. The van der Waals surface area contributed by atoms with Crippen LogP contribution in [-0.2, 0) is 10.8 Å². The van der Waals surface area contributed by atoms with E-state index in [0.29, 0.717) is 12.0 Å². The maximum absolute atomic E-state index is 11.6. The summed E-state index contributed by atoms with van der Waals surface area (Å²) in [5, 5.41) is 3.36. The SMILES string of the molecule is CCCNC(C)CS(=O)CCC(C)C. The molecule has 0 aliphatic rings. The average molecular weight is 219 g/mol. The lowest BCUT2D eigenvalue weighted by molar-refractivity contribution is 0.577. The van der Waals surface area contributed by atoms with Gasteiger partial charge >= 0.3 is 0 Å². The zero-order chi connectivity index (χ0) is 11.0. The number of hydrogen-bond acceptors (Lipinski definition) is 2. The van der Waals surface area contributed by atoms with Crippen molar-refractivity contribution in [2.75, 3.05) is 18.1 Å². The highest BCUT2D eigenvalue weighted by molar-refractivity contribution is 7.85. The Hall–Kier alpha value is 0.110. The van der Waals surface area contributed by atoms with Gasteiger partial charge in [0.25, 0.3) is 0 Å². The van der Waals surface area contributed by atoms with E-state index >= 15 is 0 Å². The van der Waals surface area contributed by atoms with Crippen LogP contribution >= 0.6 is 0 Å². The van der Waals surface area contributed by atoms with Gasteiger partial charge in [-0.25, -0.2) is 0 Å². The lowest BCUT2D eigenvalue weighted by atomic mass is 10.2. The van der Waals surface area contributed by atoms with Gasteiger partial charge in [0.2, 0.25) is 0 Å². The Morgan fingerprint density at radius 3 is 2.43 bits per heavy atom. The quantitative estimate of drug-likeness (QED) is 0.678. The second-order valence-electron chi connectivity index (χ2n) is 4.35. The Morgan fingerprint density at radius 2 is 1.93 bits per heavy atom. The summed E-state index contributed by atoms with van der Waals surface area (Å²) in [6.45, 7) is 9.65. The molecule has 0 saturated heterocycles. The molecular formula is C11H25NOS. The van der Waals surface area contributed by atoms with E-state index in [1.54, 1.807) is 0 Å². The first-order chi connectivity index (χ1) is 6.56. The van der Waals surface area contributed by atoms with Crippen LogP contribution < -0.4 is 5.32 Å². The maximum atomic E-state index is 11.6. The molecule has 86 valence electrons. The summed E-state index contributed by atoms with van der Waals surface area (Å²) >= 11 is 0. The summed E-state index contributed by atoms with van der Waals surface area (Å²) in [5.74, 6) is 2.32. The highest BCUT2D eigenvalue weighted by Gasteiger charge is 2.07. The van der Waals surface area contributed by atoms with Crippen molar-refractivity contribution < 1.29 is 4.21 Å². The summed E-state index contributed by atoms with van der Waals surface area (Å²) in [6, 6.07) is 0.392. The van der Waals surface area contributed by atoms with Gasteiger partial charge in [0, 0.05) is 28.3 Å². The van der Waals surface area contributed by atoms with Crippen LogP contribution in [0.2, 0.25) is 0 Å². The number of rotatable bonds is 8. The van der Waals surface area contributed by atoms with Crippen LogP contribution in [0.15, 0.2) is 0 Å². The lowest BCUT2D eigenvalue weighted by Crippen LogP contribution is -2.32. The van der Waals surface area contributed by atoms with Crippen molar-refractivity contribution in [2.45, 2.75) is 46.6 Å². The van der Waals surface area contributed by atoms with Crippen molar-refractivity contribution in [3.8, 4) is 0 Å². The number of hydrogen-bond donors (Lipinski definition) is 1. The Morgan fingerprint density at radius 1 is 1.29 bits per heavy atom. The molecule has 0 saturated carbocycles. The molecule has 0 amide bonds. The van der Waals surface area contributed by atoms with Gasteiger partial charge in [0.05, 0.1) is 0 Å². The van der Waals surface area contributed by atoms with Gasteiger partial charge in [0.15, 0.2) is 0 Å². The van der Waals surface area contributed by atoms with Crippen molar-refractivity contribution >= 4 is 10.8 Å². The van der Waals surface area contributed by atoms with Crippen molar-refractivity contribution in [1.82, 2.24) is 5.32 Å². The topological polar surface area (TPSA) is 29.1 Å². The predicted octanol–water partition coefficient (Wildman–Crippen LogP) is 2.17. The Bertz CT molecular complexity index is 159. The van der Waals surface area contributed by atoms with Crippen LogP contribution in [0.4, 0.5) is 0 Å². The molecule has 2 unspecified atom stereocenters. The van der Waals surface area contributed by atoms with Gasteiger partial charge in [-0.15, -0.1) is 0 Å². The summed E-state index contributed by atoms with van der Waals surface area (Å²) in [5.41, 5.74) is 0. The molecule has 0 aliphatic carbocycles. The minimum atomic E-state index is -0.637. The zero-order valence-corrected chi connectivity index (χ0v) is 10.8. The third-order valence-electron chi connectivity index (χ3n) is 2.10. The first-order valence-corrected chi connectivity index (χ1v) is 7.13. The van der Waals surface area contributed by atoms with Crippen molar-refractivity contribution in [3.63, 3.8) is 0 Å². The largest absolute Gasteiger partial charge is 0.313 e. The van der Waals surface area contributed by atoms with E-state index in [-0.39, 0.29) is 0 Å². The van der Waals surface area contributed by atoms with E-state index in [2.05, 4.69) is 33.0 Å². The summed E-state index contributed by atoms with van der Waals surface area (Å²) in [4.78, 5) is 0. The molecule has 0 aliphatic heterocycles. The molecule has 0 aromatic carbocycles. The molecular weight excluding hydrogens is 194 g/mol. The monoisotopic (exact) mass is 219 g/mol. The molecule has 3 heteroatoms. The molecule has 14 heavy (non-hydrogen) atoms. The van der Waals surface area contributed by atoms with E-state index in [1.807, 2.05) is 0 Å². The lowest BCUT2D eigenvalue weighted by Gasteiger charge is -2.13. The van der Waals surface area contributed by atoms with E-state index in [1.165, 1.54) is 0 Å². The fraction of sp³-hybridized carbons (Fsp3) is 1.00. The van der Waals surface area contributed by atoms with Crippen LogP contribution in [0.1, 0.15) is 40.5 Å². The van der Waals surface area contributed by atoms with Gasteiger partial charge in [-0.1, -0.05) is 20.8 Å². The number of nitrogens with one attached hydrogen (secondary N) is 1. The standard InChI is InChI=1S/C11H25NOS/c1-5-7-12-11(4)9-14(13)8-6-10(2)3/h10-12H,5-9H2,1-4H3. The predicted molar refractivity (Wildman–Crippen MR) is 65.1 cm³/mol. The molecule has 0 rings (SSSR count). The summed E-state index contributed by atoms with van der Waals surface area (Å²) in [6.07, 6.45) is 2.22. The molecule has 0 heterocycles. The van der Waals surface area contributed by atoms with E-state index in [9.17, 15) is 4.21 Å².